The smallest absolute Gasteiger partial charge is 0.416 e. The summed E-state index contributed by atoms with van der Waals surface area (Å²) >= 11 is 0. The molecular formula is C11H13ClF3NO3. The van der Waals surface area contributed by atoms with Gasteiger partial charge in [-0.05, 0) is 17.7 Å². The van der Waals surface area contributed by atoms with Gasteiger partial charge in [0.2, 0.25) is 0 Å². The molecule has 2 atom stereocenters. The zero-order chi connectivity index (χ0) is 13.9. The molecule has 3 N–H and O–H groups in total. The first kappa shape index (κ1) is 17.7. The van der Waals surface area contributed by atoms with Crippen molar-refractivity contribution < 1.29 is 27.8 Å². The zero-order valence-corrected chi connectivity index (χ0v) is 10.7. The Morgan fingerprint density at radius 2 is 1.79 bits per heavy atom. The van der Waals surface area contributed by atoms with Crippen molar-refractivity contribution in [2.45, 2.75) is 18.3 Å². The molecule has 0 bridgehead atoms. The Morgan fingerprint density at radius 3 is 2.16 bits per heavy atom. The first-order chi connectivity index (χ1) is 8.27. The minimum atomic E-state index is -4.79. The molecule has 8 heteroatoms. The van der Waals surface area contributed by atoms with E-state index in [4.69, 9.17) is 10.8 Å². The van der Waals surface area contributed by atoms with Crippen molar-refractivity contribution in [3.8, 4) is 0 Å². The van der Waals surface area contributed by atoms with Crippen molar-refractivity contribution in [2.24, 2.45) is 5.73 Å². The van der Waals surface area contributed by atoms with Gasteiger partial charge in [-0.2, -0.15) is 13.2 Å². The average Bonchev–Trinajstić information content (AvgIpc) is 2.35. The van der Waals surface area contributed by atoms with Gasteiger partial charge in [0.05, 0.1) is 18.7 Å². The van der Waals surface area contributed by atoms with E-state index in [0.717, 1.165) is 0 Å². The van der Waals surface area contributed by atoms with Gasteiger partial charge in [0, 0.05) is 0 Å². The van der Waals surface area contributed by atoms with Crippen molar-refractivity contribution >= 4 is 18.4 Å². The van der Waals surface area contributed by atoms with E-state index in [2.05, 4.69) is 4.74 Å². The summed E-state index contributed by atoms with van der Waals surface area (Å²) in [5.74, 6) is -0.605. The summed E-state index contributed by atoms with van der Waals surface area (Å²) < 4.78 is 41.2. The number of alkyl halides is 3. The summed E-state index contributed by atoms with van der Waals surface area (Å²) in [4.78, 5) is 11.1. The number of methoxy groups -OCH3 is 1. The summed E-state index contributed by atoms with van der Waals surface area (Å²) in [6.07, 6.45) is -7.44. The van der Waals surface area contributed by atoms with Crippen molar-refractivity contribution in [2.75, 3.05) is 7.11 Å². The minimum Gasteiger partial charge on any atom is -0.465 e. The second-order valence-electron chi connectivity index (χ2n) is 3.63. The van der Waals surface area contributed by atoms with Crippen LogP contribution in [0.15, 0.2) is 24.3 Å². The largest absolute Gasteiger partial charge is 0.465 e. The molecule has 0 fully saturated rings. The molecular weight excluding hydrogens is 287 g/mol. The minimum absolute atomic E-state index is 0. The summed E-state index contributed by atoms with van der Waals surface area (Å²) in [5.41, 5.74) is 5.56. The van der Waals surface area contributed by atoms with Gasteiger partial charge >= 0.3 is 12.1 Å². The van der Waals surface area contributed by atoms with Crippen LogP contribution in [0.25, 0.3) is 0 Å². The standard InChI is InChI=1S/C11H12F3NO3.ClH/c1-18-10(17)7-4-2-6(3-5-7)8(15)9(16)11(12,13)14;/h2-5,8-9,16H,15H2,1H3;1H/t8-,9-;/m1./s1. The van der Waals surface area contributed by atoms with Gasteiger partial charge in [-0.25, -0.2) is 4.79 Å². The van der Waals surface area contributed by atoms with Crippen molar-refractivity contribution in [3.05, 3.63) is 35.4 Å². The first-order valence-corrected chi connectivity index (χ1v) is 4.96. The molecule has 0 aliphatic carbocycles. The van der Waals surface area contributed by atoms with E-state index >= 15 is 0 Å². The number of esters is 1. The number of aliphatic hydroxyl groups is 1. The van der Waals surface area contributed by atoms with Gasteiger partial charge in [-0.15, -0.1) is 12.4 Å². The van der Waals surface area contributed by atoms with Crippen LogP contribution in [0.4, 0.5) is 13.2 Å². The van der Waals surface area contributed by atoms with Crippen LogP contribution < -0.4 is 5.73 Å². The maximum Gasteiger partial charge on any atom is 0.416 e. The maximum atomic E-state index is 12.2. The molecule has 0 unspecified atom stereocenters. The Labute approximate surface area is 113 Å². The number of rotatable bonds is 3. The second kappa shape index (κ2) is 6.74. The van der Waals surface area contributed by atoms with Crippen LogP contribution in [0.3, 0.4) is 0 Å². The molecule has 0 aromatic heterocycles. The molecule has 0 saturated heterocycles. The van der Waals surface area contributed by atoms with Crippen LogP contribution >= 0.6 is 12.4 Å². The first-order valence-electron chi connectivity index (χ1n) is 4.96. The van der Waals surface area contributed by atoms with E-state index in [-0.39, 0.29) is 23.5 Å². The van der Waals surface area contributed by atoms with Crippen molar-refractivity contribution in [1.82, 2.24) is 0 Å². The molecule has 4 nitrogen and oxygen atoms in total. The fourth-order valence-electron chi connectivity index (χ4n) is 1.35. The highest BCUT2D eigenvalue weighted by Crippen LogP contribution is 2.28. The lowest BCUT2D eigenvalue weighted by molar-refractivity contribution is -0.210. The third-order valence-corrected chi connectivity index (χ3v) is 2.39. The number of halogens is 4. The molecule has 0 saturated carbocycles. The Balaban J connectivity index is 0.00000324. The van der Waals surface area contributed by atoms with Crippen LogP contribution in [0, 0.1) is 0 Å². The Morgan fingerprint density at radius 1 is 1.32 bits per heavy atom. The predicted octanol–water partition coefficient (Wildman–Crippen LogP) is 1.82. The Kier molecular flexibility index (Phi) is 6.28. The number of ether oxygens (including phenoxy) is 1. The van der Waals surface area contributed by atoms with Gasteiger partial charge < -0.3 is 15.6 Å². The average molecular weight is 300 g/mol. The highest BCUT2D eigenvalue weighted by Gasteiger charge is 2.42. The quantitative estimate of drug-likeness (QED) is 0.835. The molecule has 1 rings (SSSR count). The number of nitrogens with two attached hydrogens (primary N) is 1. The summed E-state index contributed by atoms with van der Waals surface area (Å²) in [6.45, 7) is 0. The number of carbonyl (C=O) groups is 1. The van der Waals surface area contributed by atoms with Gasteiger partial charge in [0.25, 0.3) is 0 Å². The summed E-state index contributed by atoms with van der Waals surface area (Å²) in [7, 11) is 1.19. The van der Waals surface area contributed by atoms with E-state index < -0.39 is 24.3 Å². The lowest BCUT2D eigenvalue weighted by atomic mass is 10.0. The molecule has 0 radical (unpaired) electrons. The molecule has 0 spiro atoms. The highest BCUT2D eigenvalue weighted by atomic mass is 35.5. The van der Waals surface area contributed by atoms with E-state index in [1.165, 1.54) is 31.4 Å². The van der Waals surface area contributed by atoms with Crippen LogP contribution in [-0.2, 0) is 4.74 Å². The number of carbonyl (C=O) groups excluding carboxylic acids is 1. The third kappa shape index (κ3) is 4.38. The molecule has 0 heterocycles. The molecule has 0 aliphatic heterocycles. The molecule has 1 aromatic carbocycles. The van der Waals surface area contributed by atoms with Crippen molar-refractivity contribution in [1.29, 1.82) is 0 Å². The van der Waals surface area contributed by atoms with E-state index in [1.807, 2.05) is 0 Å². The third-order valence-electron chi connectivity index (χ3n) is 2.39. The number of benzene rings is 1. The van der Waals surface area contributed by atoms with Crippen LogP contribution in [0.5, 0.6) is 0 Å². The zero-order valence-electron chi connectivity index (χ0n) is 9.85. The van der Waals surface area contributed by atoms with E-state index in [1.54, 1.807) is 0 Å². The van der Waals surface area contributed by atoms with Gasteiger partial charge in [-0.3, -0.25) is 0 Å². The molecule has 108 valence electrons. The summed E-state index contributed by atoms with van der Waals surface area (Å²) in [6, 6.07) is 3.45. The molecule has 19 heavy (non-hydrogen) atoms. The topological polar surface area (TPSA) is 72.5 Å². The van der Waals surface area contributed by atoms with Crippen molar-refractivity contribution in [3.63, 3.8) is 0 Å². The predicted molar refractivity (Wildman–Crippen MR) is 64.0 cm³/mol. The fraction of sp³-hybridized carbons (Fsp3) is 0.364. The van der Waals surface area contributed by atoms with Gasteiger partial charge in [-0.1, -0.05) is 12.1 Å². The second-order valence-corrected chi connectivity index (χ2v) is 3.63. The van der Waals surface area contributed by atoms with Gasteiger partial charge in [0.1, 0.15) is 0 Å². The fourth-order valence-corrected chi connectivity index (χ4v) is 1.35. The number of hydrogen-bond acceptors (Lipinski definition) is 4. The van der Waals surface area contributed by atoms with Gasteiger partial charge in [0.15, 0.2) is 6.10 Å². The normalized spacial score (nSPS) is 14.2. The highest BCUT2D eigenvalue weighted by molar-refractivity contribution is 5.89. The maximum absolute atomic E-state index is 12.2. The Bertz CT molecular complexity index is 422. The number of aliphatic hydroxyl groups excluding tert-OH is 1. The monoisotopic (exact) mass is 299 g/mol. The van der Waals surface area contributed by atoms with E-state index in [9.17, 15) is 18.0 Å². The summed E-state index contributed by atoms with van der Waals surface area (Å²) in [5, 5.41) is 8.99. The molecule has 0 amide bonds. The Hall–Kier alpha value is -1.31. The van der Waals surface area contributed by atoms with Crippen LogP contribution in [-0.4, -0.2) is 30.5 Å². The lowest BCUT2D eigenvalue weighted by Crippen LogP contribution is -2.38. The van der Waals surface area contributed by atoms with E-state index in [0.29, 0.717) is 0 Å². The SMILES string of the molecule is COC(=O)c1ccc([C@@H](N)[C@@H](O)C(F)(F)F)cc1.Cl. The van der Waals surface area contributed by atoms with Crippen LogP contribution in [0.2, 0.25) is 0 Å². The molecule has 1 aromatic rings. The lowest BCUT2D eigenvalue weighted by Gasteiger charge is -2.21. The molecule has 0 aliphatic rings. The number of hydrogen-bond donors (Lipinski definition) is 2. The van der Waals surface area contributed by atoms with Crippen LogP contribution in [0.1, 0.15) is 22.0 Å².